The van der Waals surface area contributed by atoms with E-state index in [9.17, 15) is 9.59 Å². The molecule has 166 valence electrons. The highest BCUT2D eigenvalue weighted by atomic mass is 32.2. The van der Waals surface area contributed by atoms with Gasteiger partial charge >= 0.3 is 0 Å². The molecular weight excluding hydrogens is 428 g/mol. The number of carbonyl (C=O) groups excluding carboxylic acids is 2. The van der Waals surface area contributed by atoms with Gasteiger partial charge in [0.1, 0.15) is 11.9 Å². The van der Waals surface area contributed by atoms with Crippen molar-refractivity contribution in [2.24, 2.45) is 9.98 Å². The molecule has 32 heavy (non-hydrogen) atoms. The summed E-state index contributed by atoms with van der Waals surface area (Å²) in [6.07, 6.45) is 1.51. The van der Waals surface area contributed by atoms with Crippen LogP contribution >= 0.6 is 11.8 Å². The van der Waals surface area contributed by atoms with E-state index in [1.54, 1.807) is 32.4 Å². The second kappa shape index (κ2) is 9.44. The Bertz CT molecular complexity index is 1110. The fraction of sp³-hybridized carbons (Fsp3) is 0.304. The van der Waals surface area contributed by atoms with Crippen LogP contribution in [0.4, 0.5) is 11.4 Å². The number of benzene rings is 2. The first kappa shape index (κ1) is 21.9. The highest BCUT2D eigenvalue weighted by Crippen LogP contribution is 2.35. The summed E-state index contributed by atoms with van der Waals surface area (Å²) in [5.41, 5.74) is 2.18. The standard InChI is InChI=1S/C23H24N4O4S/c1-4-7-17-22(29)26-21-15-8-5-6-9-16(15)25-23(27(17)21)32-13-20(28)24-14-10-11-18(30-2)19(12-14)31-3/h5-6,8-12,17H,4,7,13H2,1-3H3,(H,24,28). The fourth-order valence-electron chi connectivity index (χ4n) is 3.69. The van der Waals surface area contributed by atoms with Gasteiger partial charge in [-0.1, -0.05) is 37.2 Å². The third kappa shape index (κ3) is 4.20. The minimum atomic E-state index is -0.386. The molecule has 0 bridgehead atoms. The third-order valence-corrected chi connectivity index (χ3v) is 6.12. The summed E-state index contributed by atoms with van der Waals surface area (Å²) in [6.45, 7) is 2.03. The van der Waals surface area contributed by atoms with Gasteiger partial charge in [-0.2, -0.15) is 4.99 Å². The van der Waals surface area contributed by atoms with Crippen LogP contribution in [0.1, 0.15) is 25.3 Å². The molecule has 2 aliphatic heterocycles. The van der Waals surface area contributed by atoms with Gasteiger partial charge in [-0.15, -0.1) is 0 Å². The summed E-state index contributed by atoms with van der Waals surface area (Å²) < 4.78 is 10.5. The average molecular weight is 453 g/mol. The van der Waals surface area contributed by atoms with Crippen molar-refractivity contribution in [2.45, 2.75) is 25.8 Å². The van der Waals surface area contributed by atoms with Gasteiger partial charge in [0, 0.05) is 17.3 Å². The number of fused-ring (bicyclic) bond motifs is 3. The van der Waals surface area contributed by atoms with Gasteiger partial charge in [-0.3, -0.25) is 14.5 Å². The Morgan fingerprint density at radius 2 is 1.91 bits per heavy atom. The molecule has 2 aliphatic rings. The second-order valence-electron chi connectivity index (χ2n) is 7.27. The maximum atomic E-state index is 12.6. The molecule has 0 fully saturated rings. The number of rotatable bonds is 7. The van der Waals surface area contributed by atoms with Crippen molar-refractivity contribution in [3.05, 3.63) is 48.0 Å². The normalized spacial score (nSPS) is 16.7. The number of amides is 2. The Balaban J connectivity index is 1.52. The van der Waals surface area contributed by atoms with Crippen LogP contribution in [0.2, 0.25) is 0 Å². The number of methoxy groups -OCH3 is 2. The minimum Gasteiger partial charge on any atom is -0.493 e. The lowest BCUT2D eigenvalue weighted by Gasteiger charge is -2.30. The Morgan fingerprint density at radius 1 is 1.12 bits per heavy atom. The third-order valence-electron chi connectivity index (χ3n) is 5.17. The average Bonchev–Trinajstić information content (AvgIpc) is 3.14. The molecule has 1 unspecified atom stereocenters. The van der Waals surface area contributed by atoms with E-state index in [0.29, 0.717) is 34.6 Å². The van der Waals surface area contributed by atoms with Crippen LogP contribution in [0.25, 0.3) is 0 Å². The molecular formula is C23H24N4O4S. The van der Waals surface area contributed by atoms with Gasteiger partial charge in [-0.25, -0.2) is 4.99 Å². The number of thioether (sulfide) groups is 1. The topological polar surface area (TPSA) is 92.6 Å². The van der Waals surface area contributed by atoms with Crippen molar-refractivity contribution in [3.63, 3.8) is 0 Å². The van der Waals surface area contributed by atoms with Crippen LogP contribution in [0.3, 0.4) is 0 Å². The van der Waals surface area contributed by atoms with Gasteiger partial charge in [-0.05, 0) is 30.7 Å². The molecule has 9 heteroatoms. The lowest BCUT2D eigenvalue weighted by Crippen LogP contribution is -2.43. The number of carbonyl (C=O) groups is 2. The summed E-state index contributed by atoms with van der Waals surface area (Å²) in [4.78, 5) is 36.2. The number of anilines is 1. The van der Waals surface area contributed by atoms with Crippen LogP contribution in [0, 0.1) is 0 Å². The number of ether oxygens (including phenoxy) is 2. The summed E-state index contributed by atoms with van der Waals surface area (Å²) in [5.74, 6) is 1.50. The summed E-state index contributed by atoms with van der Waals surface area (Å²) >= 11 is 1.29. The van der Waals surface area contributed by atoms with Crippen molar-refractivity contribution in [2.75, 3.05) is 25.3 Å². The van der Waals surface area contributed by atoms with Crippen molar-refractivity contribution < 1.29 is 19.1 Å². The van der Waals surface area contributed by atoms with Crippen LogP contribution < -0.4 is 14.8 Å². The van der Waals surface area contributed by atoms with Gasteiger partial charge < -0.3 is 14.8 Å². The molecule has 2 amide bonds. The predicted molar refractivity (Wildman–Crippen MR) is 126 cm³/mol. The van der Waals surface area contributed by atoms with Gasteiger partial charge in [0.05, 0.1) is 25.7 Å². The number of aliphatic imine (C=N–C) groups is 2. The smallest absolute Gasteiger partial charge is 0.270 e. The van der Waals surface area contributed by atoms with Crippen LogP contribution in [0.15, 0.2) is 52.4 Å². The van der Waals surface area contributed by atoms with Gasteiger partial charge in [0.15, 0.2) is 16.7 Å². The van der Waals surface area contributed by atoms with E-state index in [4.69, 9.17) is 14.5 Å². The summed E-state index contributed by atoms with van der Waals surface area (Å²) in [6, 6.07) is 12.4. The molecule has 0 radical (unpaired) electrons. The zero-order valence-electron chi connectivity index (χ0n) is 18.1. The molecule has 0 saturated heterocycles. The Kier molecular flexibility index (Phi) is 6.45. The van der Waals surface area contributed by atoms with E-state index in [0.717, 1.165) is 17.7 Å². The summed E-state index contributed by atoms with van der Waals surface area (Å²) in [5, 5.41) is 3.47. The van der Waals surface area contributed by atoms with Gasteiger partial charge in [0.2, 0.25) is 5.91 Å². The molecule has 2 aromatic rings. The van der Waals surface area contributed by atoms with Crippen molar-refractivity contribution >= 4 is 46.0 Å². The van der Waals surface area contributed by atoms with Crippen LogP contribution in [-0.2, 0) is 9.59 Å². The fourth-order valence-corrected chi connectivity index (χ4v) is 4.54. The van der Waals surface area contributed by atoms with Crippen LogP contribution in [0.5, 0.6) is 11.5 Å². The molecule has 0 saturated carbocycles. The van der Waals surface area contributed by atoms with Crippen molar-refractivity contribution in [3.8, 4) is 11.5 Å². The molecule has 1 atom stereocenters. The lowest BCUT2D eigenvalue weighted by molar-refractivity contribution is -0.119. The molecule has 8 nitrogen and oxygen atoms in total. The van der Waals surface area contributed by atoms with Crippen LogP contribution in [-0.4, -0.2) is 53.7 Å². The first-order chi connectivity index (χ1) is 15.5. The van der Waals surface area contributed by atoms with E-state index in [1.807, 2.05) is 36.1 Å². The van der Waals surface area contributed by atoms with Crippen molar-refractivity contribution in [1.82, 2.24) is 4.90 Å². The molecule has 2 aromatic carbocycles. The molecule has 0 aliphatic carbocycles. The minimum absolute atomic E-state index is 0.131. The Morgan fingerprint density at radius 3 is 2.66 bits per heavy atom. The van der Waals surface area contributed by atoms with Gasteiger partial charge in [0.25, 0.3) is 5.91 Å². The largest absolute Gasteiger partial charge is 0.493 e. The summed E-state index contributed by atoms with van der Waals surface area (Å²) in [7, 11) is 3.10. The van der Waals surface area contributed by atoms with E-state index in [-0.39, 0.29) is 23.6 Å². The molecule has 0 spiro atoms. The number of hydrogen-bond donors (Lipinski definition) is 1. The first-order valence-electron chi connectivity index (χ1n) is 10.3. The number of nitrogens with one attached hydrogen (secondary N) is 1. The first-order valence-corrected chi connectivity index (χ1v) is 11.3. The molecule has 0 aromatic heterocycles. The van der Waals surface area contributed by atoms with E-state index < -0.39 is 0 Å². The monoisotopic (exact) mass is 452 g/mol. The Labute approximate surface area is 190 Å². The lowest BCUT2D eigenvalue weighted by atomic mass is 10.1. The van der Waals surface area contributed by atoms with E-state index >= 15 is 0 Å². The second-order valence-corrected chi connectivity index (χ2v) is 8.21. The number of hydrogen-bond acceptors (Lipinski definition) is 7. The maximum Gasteiger partial charge on any atom is 0.270 e. The zero-order valence-corrected chi connectivity index (χ0v) is 18.9. The molecule has 2 heterocycles. The molecule has 4 rings (SSSR count). The maximum absolute atomic E-state index is 12.6. The highest BCUT2D eigenvalue weighted by molar-refractivity contribution is 8.14. The van der Waals surface area contributed by atoms with Crippen molar-refractivity contribution in [1.29, 1.82) is 0 Å². The SMILES string of the molecule is CCCC1C(=O)N=C2c3ccccc3N=C(SCC(=O)Nc3ccc(OC)c(OC)c3)N21. The van der Waals surface area contributed by atoms with E-state index in [2.05, 4.69) is 10.3 Å². The number of nitrogens with zero attached hydrogens (tertiary/aromatic N) is 3. The predicted octanol–water partition coefficient (Wildman–Crippen LogP) is 3.83. The van der Waals surface area contributed by atoms with E-state index in [1.165, 1.54) is 11.8 Å². The number of amidine groups is 2. The quantitative estimate of drug-likeness (QED) is 0.686. The highest BCUT2D eigenvalue weighted by Gasteiger charge is 2.41. The number of para-hydroxylation sites is 1. The zero-order chi connectivity index (χ0) is 22.7. The Hall–Kier alpha value is -3.33. The molecule has 1 N–H and O–H groups in total.